The summed E-state index contributed by atoms with van der Waals surface area (Å²) in [6.07, 6.45) is 8.59. The van der Waals surface area contributed by atoms with Crippen molar-refractivity contribution >= 4 is 15.9 Å². The molecular formula is C17H24BrNO. The Labute approximate surface area is 130 Å². The van der Waals surface area contributed by atoms with Crippen LogP contribution in [0.25, 0.3) is 0 Å². The zero-order valence-corrected chi connectivity index (χ0v) is 13.6. The van der Waals surface area contributed by atoms with E-state index >= 15 is 0 Å². The molecule has 0 aliphatic heterocycles. The van der Waals surface area contributed by atoms with Crippen LogP contribution in [0, 0.1) is 5.41 Å². The van der Waals surface area contributed by atoms with E-state index in [1.165, 1.54) is 60.5 Å². The van der Waals surface area contributed by atoms with Crippen LogP contribution in [-0.4, -0.2) is 18.3 Å². The standard InChI is InChI=1S/C17H24BrNO/c18-14-5-6-15-13(10-14)4-7-16(15)19-11-17(12-20)8-2-1-3-9-17/h5-6,10,16,19-20H,1-4,7-9,11-12H2. The van der Waals surface area contributed by atoms with Crippen LogP contribution >= 0.6 is 15.9 Å². The fraction of sp³-hybridized carbons (Fsp3) is 0.647. The Hall–Kier alpha value is -0.380. The van der Waals surface area contributed by atoms with Crippen LogP contribution in [-0.2, 0) is 6.42 Å². The maximum absolute atomic E-state index is 9.80. The molecule has 1 saturated carbocycles. The highest BCUT2D eigenvalue weighted by Crippen LogP contribution is 2.38. The van der Waals surface area contributed by atoms with Crippen LogP contribution in [0.2, 0.25) is 0 Å². The summed E-state index contributed by atoms with van der Waals surface area (Å²) in [5.74, 6) is 0. The van der Waals surface area contributed by atoms with Gasteiger partial charge in [-0.1, -0.05) is 41.3 Å². The van der Waals surface area contributed by atoms with Crippen molar-refractivity contribution in [3.05, 3.63) is 33.8 Å². The van der Waals surface area contributed by atoms with E-state index < -0.39 is 0 Å². The SMILES string of the molecule is OCC1(CNC2CCc3cc(Br)ccc32)CCCCC1. The van der Waals surface area contributed by atoms with Crippen molar-refractivity contribution in [3.63, 3.8) is 0 Å². The van der Waals surface area contributed by atoms with Gasteiger partial charge in [0.2, 0.25) is 0 Å². The molecule has 20 heavy (non-hydrogen) atoms. The Morgan fingerprint density at radius 2 is 2.05 bits per heavy atom. The highest BCUT2D eigenvalue weighted by atomic mass is 79.9. The van der Waals surface area contributed by atoms with Crippen LogP contribution in [0.3, 0.4) is 0 Å². The topological polar surface area (TPSA) is 32.3 Å². The number of aliphatic hydroxyl groups excluding tert-OH is 1. The zero-order valence-electron chi connectivity index (χ0n) is 12.0. The summed E-state index contributed by atoms with van der Waals surface area (Å²) in [5.41, 5.74) is 3.06. The van der Waals surface area contributed by atoms with Crippen LogP contribution in [0.15, 0.2) is 22.7 Å². The van der Waals surface area contributed by atoms with Gasteiger partial charge in [-0.2, -0.15) is 0 Å². The molecule has 0 bridgehead atoms. The lowest BCUT2D eigenvalue weighted by molar-refractivity contribution is 0.0783. The molecule has 110 valence electrons. The highest BCUT2D eigenvalue weighted by molar-refractivity contribution is 9.10. The Morgan fingerprint density at radius 3 is 2.80 bits per heavy atom. The number of hydrogen-bond donors (Lipinski definition) is 2. The van der Waals surface area contributed by atoms with E-state index in [2.05, 4.69) is 39.4 Å². The Kier molecular flexibility index (Phi) is 4.49. The predicted octanol–water partition coefficient (Wildman–Crippen LogP) is 3.97. The number of aryl methyl sites for hydroxylation is 1. The summed E-state index contributed by atoms with van der Waals surface area (Å²) < 4.78 is 1.18. The molecule has 2 aliphatic rings. The average molecular weight is 338 g/mol. The molecule has 1 aromatic rings. The minimum absolute atomic E-state index is 0.135. The number of nitrogens with one attached hydrogen (secondary N) is 1. The van der Waals surface area contributed by atoms with Crippen molar-refractivity contribution in [1.29, 1.82) is 0 Å². The van der Waals surface area contributed by atoms with E-state index in [1.54, 1.807) is 0 Å². The second-order valence-electron chi connectivity index (χ2n) is 6.53. The predicted molar refractivity (Wildman–Crippen MR) is 85.8 cm³/mol. The van der Waals surface area contributed by atoms with E-state index in [0.29, 0.717) is 12.6 Å². The van der Waals surface area contributed by atoms with E-state index in [1.807, 2.05) is 0 Å². The molecule has 3 heteroatoms. The normalized spacial score (nSPS) is 24.6. The molecule has 2 N–H and O–H groups in total. The molecule has 1 unspecified atom stereocenters. The van der Waals surface area contributed by atoms with E-state index in [4.69, 9.17) is 0 Å². The maximum Gasteiger partial charge on any atom is 0.0499 e. The van der Waals surface area contributed by atoms with Gasteiger partial charge in [0.1, 0.15) is 0 Å². The average Bonchev–Trinajstić information content (AvgIpc) is 2.88. The van der Waals surface area contributed by atoms with Crippen molar-refractivity contribution in [1.82, 2.24) is 5.32 Å². The molecular weight excluding hydrogens is 314 g/mol. The first-order valence-electron chi connectivity index (χ1n) is 7.85. The summed E-state index contributed by atoms with van der Waals surface area (Å²) in [6, 6.07) is 7.11. The third-order valence-electron chi connectivity index (χ3n) is 5.16. The molecule has 1 aromatic carbocycles. The number of aliphatic hydroxyl groups is 1. The van der Waals surface area contributed by atoms with Crippen LogP contribution in [0.5, 0.6) is 0 Å². The minimum atomic E-state index is 0.135. The largest absolute Gasteiger partial charge is 0.396 e. The first-order valence-corrected chi connectivity index (χ1v) is 8.64. The second kappa shape index (κ2) is 6.17. The summed E-state index contributed by atoms with van der Waals surface area (Å²) in [6.45, 7) is 1.30. The number of benzene rings is 1. The molecule has 2 nitrogen and oxygen atoms in total. The van der Waals surface area contributed by atoms with Crippen molar-refractivity contribution in [2.45, 2.75) is 51.0 Å². The number of fused-ring (bicyclic) bond motifs is 1. The lowest BCUT2D eigenvalue weighted by Gasteiger charge is -2.36. The highest BCUT2D eigenvalue weighted by Gasteiger charge is 2.33. The molecule has 0 spiro atoms. The quantitative estimate of drug-likeness (QED) is 0.871. The molecule has 0 heterocycles. The van der Waals surface area contributed by atoms with Crippen molar-refractivity contribution in [2.24, 2.45) is 5.41 Å². The minimum Gasteiger partial charge on any atom is -0.396 e. The summed E-state index contributed by atoms with van der Waals surface area (Å²) >= 11 is 3.55. The lowest BCUT2D eigenvalue weighted by atomic mass is 9.74. The first-order chi connectivity index (χ1) is 9.72. The van der Waals surface area contributed by atoms with Gasteiger partial charge < -0.3 is 10.4 Å². The van der Waals surface area contributed by atoms with Crippen LogP contribution < -0.4 is 5.32 Å². The van der Waals surface area contributed by atoms with Crippen molar-refractivity contribution in [2.75, 3.05) is 13.2 Å². The van der Waals surface area contributed by atoms with E-state index in [-0.39, 0.29) is 5.41 Å². The number of hydrogen-bond acceptors (Lipinski definition) is 2. The maximum atomic E-state index is 9.80. The Balaban J connectivity index is 1.65. The second-order valence-corrected chi connectivity index (χ2v) is 7.45. The summed E-state index contributed by atoms with van der Waals surface area (Å²) in [5, 5.41) is 13.5. The van der Waals surface area contributed by atoms with Crippen LogP contribution in [0.4, 0.5) is 0 Å². The molecule has 0 aromatic heterocycles. The molecule has 1 atom stereocenters. The van der Waals surface area contributed by atoms with E-state index in [9.17, 15) is 5.11 Å². The van der Waals surface area contributed by atoms with Gasteiger partial charge in [0, 0.05) is 29.1 Å². The molecule has 3 rings (SSSR count). The zero-order chi connectivity index (χ0) is 14.0. The summed E-state index contributed by atoms with van der Waals surface area (Å²) in [7, 11) is 0. The van der Waals surface area contributed by atoms with Crippen LogP contribution in [0.1, 0.15) is 55.7 Å². The molecule has 2 aliphatic carbocycles. The van der Waals surface area contributed by atoms with Gasteiger partial charge >= 0.3 is 0 Å². The van der Waals surface area contributed by atoms with Gasteiger partial charge in [0.05, 0.1) is 0 Å². The van der Waals surface area contributed by atoms with E-state index in [0.717, 1.165) is 6.54 Å². The van der Waals surface area contributed by atoms with Gasteiger partial charge in [-0.05, 0) is 48.9 Å². The lowest BCUT2D eigenvalue weighted by Crippen LogP contribution is -2.40. The third kappa shape index (κ3) is 2.95. The number of rotatable bonds is 4. The molecule has 0 saturated heterocycles. The monoisotopic (exact) mass is 337 g/mol. The molecule has 0 amide bonds. The van der Waals surface area contributed by atoms with Crippen molar-refractivity contribution < 1.29 is 5.11 Å². The number of halogens is 1. The van der Waals surface area contributed by atoms with Gasteiger partial charge in [-0.15, -0.1) is 0 Å². The van der Waals surface area contributed by atoms with Gasteiger partial charge in [-0.25, -0.2) is 0 Å². The summed E-state index contributed by atoms with van der Waals surface area (Å²) in [4.78, 5) is 0. The fourth-order valence-electron chi connectivity index (χ4n) is 3.83. The van der Waals surface area contributed by atoms with Gasteiger partial charge in [0.15, 0.2) is 0 Å². The third-order valence-corrected chi connectivity index (χ3v) is 5.65. The Bertz CT molecular complexity index is 468. The van der Waals surface area contributed by atoms with Gasteiger partial charge in [0.25, 0.3) is 0 Å². The first kappa shape index (κ1) is 14.6. The smallest absolute Gasteiger partial charge is 0.0499 e. The molecule has 0 radical (unpaired) electrons. The fourth-order valence-corrected chi connectivity index (χ4v) is 4.24. The Morgan fingerprint density at radius 1 is 1.25 bits per heavy atom. The van der Waals surface area contributed by atoms with Crippen molar-refractivity contribution in [3.8, 4) is 0 Å². The van der Waals surface area contributed by atoms with Gasteiger partial charge in [-0.3, -0.25) is 0 Å². The molecule has 1 fully saturated rings.